The molecule has 2 rings (SSSR count). The van der Waals surface area contributed by atoms with Crippen LogP contribution in [0.2, 0.25) is 0 Å². The summed E-state index contributed by atoms with van der Waals surface area (Å²) in [4.78, 5) is 11.7. The van der Waals surface area contributed by atoms with E-state index in [0.717, 1.165) is 25.7 Å². The van der Waals surface area contributed by atoms with Crippen molar-refractivity contribution in [2.45, 2.75) is 36.6 Å². The Labute approximate surface area is 119 Å². The Kier molecular flexibility index (Phi) is 4.77. The molecule has 0 aromatic heterocycles. The molecule has 1 aromatic carbocycles. The Balaban J connectivity index is 2.32. The summed E-state index contributed by atoms with van der Waals surface area (Å²) in [6.45, 7) is -0.224. The number of hydrogen-bond donors (Lipinski definition) is 0. The van der Waals surface area contributed by atoms with Crippen LogP contribution in [0.3, 0.4) is 0 Å². The Morgan fingerprint density at radius 2 is 1.85 bits per heavy atom. The van der Waals surface area contributed by atoms with Gasteiger partial charge in [0.15, 0.2) is 0 Å². The molecule has 110 valence electrons. The van der Waals surface area contributed by atoms with Gasteiger partial charge >= 0.3 is 5.97 Å². The van der Waals surface area contributed by atoms with E-state index >= 15 is 0 Å². The highest BCUT2D eigenvalue weighted by atomic mass is 32.2. The van der Waals surface area contributed by atoms with E-state index in [1.54, 1.807) is 30.3 Å². The maximum atomic E-state index is 12.7. The van der Waals surface area contributed by atoms with Crippen LogP contribution >= 0.6 is 0 Å². The molecule has 1 fully saturated rings. The molecule has 0 N–H and O–H groups in total. The summed E-state index contributed by atoms with van der Waals surface area (Å²) >= 11 is 0. The van der Waals surface area contributed by atoms with Crippen LogP contribution < -0.4 is 0 Å². The Bertz CT molecular complexity index is 550. The number of esters is 1. The molecule has 0 amide bonds. The number of hydrogen-bond acceptors (Lipinski definition) is 4. The average molecular weight is 297 g/mol. The molecule has 1 aliphatic carbocycles. The lowest BCUT2D eigenvalue weighted by Crippen LogP contribution is -2.42. The van der Waals surface area contributed by atoms with Crippen LogP contribution in [0.5, 0.6) is 0 Å². The minimum absolute atomic E-state index is 0.112. The van der Waals surface area contributed by atoms with Crippen molar-refractivity contribution < 1.29 is 17.9 Å². The summed E-state index contributed by atoms with van der Waals surface area (Å²) in [5.41, 5.74) is 0. The normalized spacial score (nSPS) is 16.5. The van der Waals surface area contributed by atoms with Gasteiger partial charge in [-0.2, -0.15) is 4.31 Å². The molecule has 1 aromatic rings. The summed E-state index contributed by atoms with van der Waals surface area (Å²) < 4.78 is 31.3. The highest BCUT2D eigenvalue weighted by molar-refractivity contribution is 7.89. The molecule has 0 spiro atoms. The van der Waals surface area contributed by atoms with Gasteiger partial charge in [0, 0.05) is 6.04 Å². The number of ether oxygens (including phenoxy) is 1. The Morgan fingerprint density at radius 3 is 2.40 bits per heavy atom. The molecule has 0 bridgehead atoms. The number of rotatable bonds is 5. The quantitative estimate of drug-likeness (QED) is 0.777. The van der Waals surface area contributed by atoms with Crippen LogP contribution in [0.1, 0.15) is 25.7 Å². The van der Waals surface area contributed by atoms with Crippen LogP contribution in [0.15, 0.2) is 35.2 Å². The minimum Gasteiger partial charge on any atom is -0.468 e. The van der Waals surface area contributed by atoms with Crippen LogP contribution in [0.25, 0.3) is 0 Å². The fraction of sp³-hybridized carbons (Fsp3) is 0.500. The van der Waals surface area contributed by atoms with Crippen LogP contribution in [-0.4, -0.2) is 38.4 Å². The van der Waals surface area contributed by atoms with Gasteiger partial charge in [-0.25, -0.2) is 8.42 Å². The molecular formula is C14H19NO4S. The van der Waals surface area contributed by atoms with Crippen molar-refractivity contribution in [1.29, 1.82) is 0 Å². The van der Waals surface area contributed by atoms with Gasteiger partial charge in [-0.1, -0.05) is 31.0 Å². The lowest BCUT2D eigenvalue weighted by atomic mass is 10.2. The average Bonchev–Trinajstić information content (AvgIpc) is 2.99. The van der Waals surface area contributed by atoms with E-state index in [-0.39, 0.29) is 17.5 Å². The number of sulfonamides is 1. The van der Waals surface area contributed by atoms with E-state index in [9.17, 15) is 13.2 Å². The topological polar surface area (TPSA) is 63.7 Å². The molecular weight excluding hydrogens is 278 g/mol. The zero-order chi connectivity index (χ0) is 14.6. The first-order chi connectivity index (χ1) is 9.55. The monoisotopic (exact) mass is 297 g/mol. The smallest absolute Gasteiger partial charge is 0.321 e. The molecule has 0 aliphatic heterocycles. The number of methoxy groups -OCH3 is 1. The Hall–Kier alpha value is -1.40. The standard InChI is InChI=1S/C14H19NO4S/c1-19-14(16)11-15(12-7-5-6-8-12)20(17,18)13-9-3-2-4-10-13/h2-4,9-10,12H,5-8,11H2,1H3. The molecule has 6 heteroatoms. The van der Waals surface area contributed by atoms with E-state index in [4.69, 9.17) is 0 Å². The molecule has 5 nitrogen and oxygen atoms in total. The number of benzene rings is 1. The van der Waals surface area contributed by atoms with Crippen molar-refractivity contribution in [2.75, 3.05) is 13.7 Å². The summed E-state index contributed by atoms with van der Waals surface area (Å²) in [5, 5.41) is 0. The summed E-state index contributed by atoms with van der Waals surface area (Å²) in [7, 11) is -2.39. The second-order valence-electron chi connectivity index (χ2n) is 4.88. The third-order valence-corrected chi connectivity index (χ3v) is 5.51. The maximum absolute atomic E-state index is 12.7. The fourth-order valence-corrected chi connectivity index (χ4v) is 4.17. The largest absolute Gasteiger partial charge is 0.468 e. The third-order valence-electron chi connectivity index (χ3n) is 3.59. The third kappa shape index (κ3) is 3.19. The lowest BCUT2D eigenvalue weighted by molar-refractivity contribution is -0.141. The van der Waals surface area contributed by atoms with Crippen LogP contribution in [0.4, 0.5) is 0 Å². The maximum Gasteiger partial charge on any atom is 0.321 e. The molecule has 0 heterocycles. The van der Waals surface area contributed by atoms with E-state index in [1.165, 1.54) is 11.4 Å². The molecule has 1 aliphatic rings. The first kappa shape index (κ1) is 15.0. The van der Waals surface area contributed by atoms with Crippen molar-refractivity contribution in [2.24, 2.45) is 0 Å². The SMILES string of the molecule is COC(=O)CN(C1CCCC1)S(=O)(=O)c1ccccc1. The summed E-state index contributed by atoms with van der Waals surface area (Å²) in [5.74, 6) is -0.531. The zero-order valence-corrected chi connectivity index (χ0v) is 12.3. The second kappa shape index (κ2) is 6.37. The van der Waals surface area contributed by atoms with Gasteiger partial charge in [0.1, 0.15) is 6.54 Å². The molecule has 0 atom stereocenters. The first-order valence-corrected chi connectivity index (χ1v) is 8.13. The van der Waals surface area contributed by atoms with E-state index in [2.05, 4.69) is 4.74 Å². The van der Waals surface area contributed by atoms with Crippen molar-refractivity contribution in [3.63, 3.8) is 0 Å². The van der Waals surface area contributed by atoms with Gasteiger partial charge in [-0.15, -0.1) is 0 Å². The molecule has 20 heavy (non-hydrogen) atoms. The fourth-order valence-electron chi connectivity index (χ4n) is 2.52. The highest BCUT2D eigenvalue weighted by Gasteiger charge is 2.34. The predicted molar refractivity (Wildman–Crippen MR) is 74.6 cm³/mol. The zero-order valence-electron chi connectivity index (χ0n) is 11.5. The van der Waals surface area contributed by atoms with Gasteiger partial charge in [-0.3, -0.25) is 4.79 Å². The molecule has 0 saturated heterocycles. The lowest BCUT2D eigenvalue weighted by Gasteiger charge is -2.26. The second-order valence-corrected chi connectivity index (χ2v) is 6.77. The summed E-state index contributed by atoms with van der Waals surface area (Å²) in [6.07, 6.45) is 3.57. The van der Waals surface area contributed by atoms with Gasteiger partial charge in [0.05, 0.1) is 12.0 Å². The number of nitrogens with zero attached hydrogens (tertiary/aromatic N) is 1. The highest BCUT2D eigenvalue weighted by Crippen LogP contribution is 2.28. The van der Waals surface area contributed by atoms with E-state index < -0.39 is 16.0 Å². The van der Waals surface area contributed by atoms with Crippen molar-refractivity contribution in [3.8, 4) is 0 Å². The number of carbonyl (C=O) groups excluding carboxylic acids is 1. The van der Waals surface area contributed by atoms with Gasteiger partial charge in [-0.05, 0) is 25.0 Å². The van der Waals surface area contributed by atoms with E-state index in [0.29, 0.717) is 0 Å². The molecule has 0 radical (unpaired) electrons. The molecule has 1 saturated carbocycles. The van der Waals surface area contributed by atoms with E-state index in [1.807, 2.05) is 0 Å². The van der Waals surface area contributed by atoms with Crippen LogP contribution in [-0.2, 0) is 19.6 Å². The van der Waals surface area contributed by atoms with Crippen LogP contribution in [0, 0.1) is 0 Å². The Morgan fingerprint density at radius 1 is 1.25 bits per heavy atom. The first-order valence-electron chi connectivity index (χ1n) is 6.69. The molecule has 0 unspecified atom stereocenters. The predicted octanol–water partition coefficient (Wildman–Crippen LogP) is 1.79. The minimum atomic E-state index is -3.66. The van der Waals surface area contributed by atoms with Crippen molar-refractivity contribution in [1.82, 2.24) is 4.31 Å². The van der Waals surface area contributed by atoms with Gasteiger partial charge in [0.2, 0.25) is 10.0 Å². The van der Waals surface area contributed by atoms with Gasteiger partial charge in [0.25, 0.3) is 0 Å². The van der Waals surface area contributed by atoms with Crippen molar-refractivity contribution in [3.05, 3.63) is 30.3 Å². The summed E-state index contributed by atoms with van der Waals surface area (Å²) in [6, 6.07) is 8.11. The number of carbonyl (C=O) groups is 1. The van der Waals surface area contributed by atoms with Crippen molar-refractivity contribution >= 4 is 16.0 Å². The van der Waals surface area contributed by atoms with Gasteiger partial charge < -0.3 is 4.74 Å².